The van der Waals surface area contributed by atoms with Gasteiger partial charge in [-0.3, -0.25) is 0 Å². The van der Waals surface area contributed by atoms with E-state index in [-0.39, 0.29) is 37.9 Å². The molecule has 0 atom stereocenters. The van der Waals surface area contributed by atoms with Gasteiger partial charge in [0.05, 0.1) is 30.5 Å². The first-order chi connectivity index (χ1) is 7.39. The molecule has 1 saturated heterocycles. The van der Waals surface area contributed by atoms with Crippen molar-refractivity contribution in [2.24, 2.45) is 0 Å². The van der Waals surface area contributed by atoms with E-state index < -0.39 is 0 Å². The van der Waals surface area contributed by atoms with Crippen molar-refractivity contribution >= 4 is 7.69 Å². The van der Waals surface area contributed by atoms with E-state index in [0.717, 1.165) is 0 Å². The van der Waals surface area contributed by atoms with Gasteiger partial charge in [-0.05, 0) is 40.5 Å². The number of aliphatic hydroxyl groups is 1. The predicted octanol–water partition coefficient (Wildman–Crippen LogP) is 1.28. The molecule has 0 amide bonds. The van der Waals surface area contributed by atoms with Crippen LogP contribution in [0.1, 0.15) is 40.5 Å². The van der Waals surface area contributed by atoms with Gasteiger partial charge in [0.2, 0.25) is 0 Å². The van der Waals surface area contributed by atoms with Gasteiger partial charge in [0.15, 0.2) is 0 Å². The van der Waals surface area contributed by atoms with Gasteiger partial charge in [0, 0.05) is 20.1 Å². The largest absolute Gasteiger partial charge is 0.488 e. The molecule has 6 heteroatoms. The molecule has 1 saturated carbocycles. The molecule has 1 aliphatic heterocycles. The summed E-state index contributed by atoms with van der Waals surface area (Å²) in [5.74, 6) is 0. The number of aliphatic hydroxyl groups excluding tert-OH is 1. The van der Waals surface area contributed by atoms with E-state index in [2.05, 4.69) is 0 Å². The van der Waals surface area contributed by atoms with Gasteiger partial charge in [0.1, 0.15) is 0 Å². The Labute approximate surface area is 118 Å². The van der Waals surface area contributed by atoms with Crippen LogP contribution in [0, 0.1) is 0 Å². The summed E-state index contributed by atoms with van der Waals surface area (Å²) in [4.78, 5) is 0. The average molecular weight is 421 g/mol. The second-order valence-corrected chi connectivity index (χ2v) is 5.15. The Morgan fingerprint density at radius 3 is 1.88 bits per heavy atom. The molecule has 0 aromatic heterocycles. The van der Waals surface area contributed by atoms with E-state index in [1.807, 2.05) is 27.7 Å². The molecule has 1 N–H and O–H groups in total. The smallest absolute Gasteiger partial charge is 0.405 e. The fraction of sp³-hybridized carbons (Fsp3) is 1.00. The Hall–Kier alpha value is 0.554. The molecule has 102 valence electrons. The minimum atomic E-state index is -0.188. The molecule has 2 rings (SSSR count). The molecule has 4 nitrogen and oxygen atoms in total. The van der Waals surface area contributed by atoms with Gasteiger partial charge >= 0.3 is 7.69 Å². The van der Waals surface area contributed by atoms with Crippen LogP contribution in [-0.2, 0) is 34.2 Å². The van der Waals surface area contributed by atoms with Gasteiger partial charge in [0.25, 0.3) is 0 Å². The van der Waals surface area contributed by atoms with Crippen LogP contribution in [0.5, 0.6) is 0 Å². The molecule has 2 fully saturated rings. The zero-order valence-corrected chi connectivity index (χ0v) is 13.4. The van der Waals surface area contributed by atoms with Crippen molar-refractivity contribution in [2.75, 3.05) is 13.2 Å². The van der Waals surface area contributed by atoms with Crippen molar-refractivity contribution < 1.29 is 39.3 Å². The summed E-state index contributed by atoms with van der Waals surface area (Å²) in [6.45, 7) is 8.72. The molecule has 0 aromatic carbocycles. The summed E-state index contributed by atoms with van der Waals surface area (Å²) in [6, 6.07) is 0. The predicted molar refractivity (Wildman–Crippen MR) is 62.1 cm³/mol. The summed E-state index contributed by atoms with van der Waals surface area (Å²) >= 11 is 0. The van der Waals surface area contributed by atoms with Crippen molar-refractivity contribution in [3.8, 4) is 0 Å². The second kappa shape index (κ2) is 7.22. The fourth-order valence-corrected chi connectivity index (χ4v) is 1.00. The number of rotatable bonds is 3. The van der Waals surface area contributed by atoms with Crippen LogP contribution in [0.2, 0.25) is 0 Å². The molecule has 0 bridgehead atoms. The average Bonchev–Trinajstić information content (AvgIpc) is 2.94. The van der Waals surface area contributed by atoms with E-state index in [1.165, 1.54) is 20.5 Å². The topological polar surface area (TPSA) is 47.9 Å². The van der Waals surface area contributed by atoms with Crippen LogP contribution in [-0.4, -0.2) is 43.3 Å². The van der Waals surface area contributed by atoms with Crippen molar-refractivity contribution in [1.29, 1.82) is 0 Å². The van der Waals surface area contributed by atoms with Crippen LogP contribution < -0.4 is 0 Å². The third kappa shape index (κ3) is 5.82. The second-order valence-electron chi connectivity index (χ2n) is 5.15. The Balaban J connectivity index is 0.000000292. The minimum absolute atomic E-state index is 0. The maximum absolute atomic E-state index is 8.22. The molecule has 1 aliphatic carbocycles. The molecule has 0 spiro atoms. The van der Waals surface area contributed by atoms with E-state index in [9.17, 15) is 0 Å². The molecule has 2 radical (unpaired) electrons. The van der Waals surface area contributed by atoms with Crippen molar-refractivity contribution in [2.45, 2.75) is 57.8 Å². The number of hydrogen-bond acceptors (Lipinski definition) is 4. The van der Waals surface area contributed by atoms with Gasteiger partial charge in [-0.1, -0.05) is 0 Å². The number of ether oxygens (including phenoxy) is 1. The molecule has 0 unspecified atom stereocenters. The normalized spacial score (nSPS) is 24.1. The Bertz CT molecular complexity index is 206. The van der Waals surface area contributed by atoms with Gasteiger partial charge in [-0.15, -0.1) is 0 Å². The standard InChI is InChI=1S/C6H12BO2.C5H10O2.Ir/c1-5(2)6(3,4)9-7-8-5;6-3-4-7-5-1-2-5;/h1-4H3;5-6H,1-4H2;. The maximum atomic E-state index is 8.22. The first kappa shape index (κ1) is 17.6. The maximum Gasteiger partial charge on any atom is 0.488 e. The van der Waals surface area contributed by atoms with Crippen LogP contribution in [0.3, 0.4) is 0 Å². The van der Waals surface area contributed by atoms with E-state index in [4.69, 9.17) is 19.2 Å². The van der Waals surface area contributed by atoms with Crippen LogP contribution in [0.15, 0.2) is 0 Å². The Kier molecular flexibility index (Phi) is 7.45. The zero-order chi connectivity index (χ0) is 12.2. The molecule has 2 aliphatic rings. The van der Waals surface area contributed by atoms with Crippen LogP contribution in [0.4, 0.5) is 0 Å². The van der Waals surface area contributed by atoms with Crippen LogP contribution in [0.25, 0.3) is 0 Å². The SMILES string of the molecule is CC1(C)O[B]OC1(C)C.OCCOC1CC1.[Ir]. The first-order valence-electron chi connectivity index (χ1n) is 5.79. The zero-order valence-electron chi connectivity index (χ0n) is 11.0. The first-order valence-corrected chi connectivity index (χ1v) is 5.79. The van der Waals surface area contributed by atoms with Crippen LogP contribution >= 0.6 is 0 Å². The van der Waals surface area contributed by atoms with E-state index in [0.29, 0.717) is 12.7 Å². The molecule has 0 aromatic rings. The summed E-state index contributed by atoms with van der Waals surface area (Å²) in [7, 11) is 1.42. The van der Waals surface area contributed by atoms with Crippen molar-refractivity contribution in [3.63, 3.8) is 0 Å². The number of hydrogen-bond donors (Lipinski definition) is 1. The molecular weight excluding hydrogens is 399 g/mol. The summed E-state index contributed by atoms with van der Waals surface area (Å²) < 4.78 is 15.5. The summed E-state index contributed by atoms with van der Waals surface area (Å²) in [5.41, 5.74) is -0.375. The fourth-order valence-electron chi connectivity index (χ4n) is 1.00. The molecular formula is C11H22BIrO4. The van der Waals surface area contributed by atoms with Gasteiger partial charge < -0.3 is 19.2 Å². The van der Waals surface area contributed by atoms with Crippen molar-refractivity contribution in [3.05, 3.63) is 0 Å². The quantitative estimate of drug-likeness (QED) is 0.698. The molecule has 1 heterocycles. The monoisotopic (exact) mass is 422 g/mol. The Morgan fingerprint density at radius 2 is 1.65 bits per heavy atom. The van der Waals surface area contributed by atoms with E-state index in [1.54, 1.807) is 0 Å². The molecule has 17 heavy (non-hydrogen) atoms. The van der Waals surface area contributed by atoms with E-state index >= 15 is 0 Å². The summed E-state index contributed by atoms with van der Waals surface area (Å²) in [5, 5.41) is 8.22. The van der Waals surface area contributed by atoms with Gasteiger partial charge in [-0.2, -0.15) is 0 Å². The Morgan fingerprint density at radius 1 is 1.18 bits per heavy atom. The summed E-state index contributed by atoms with van der Waals surface area (Å²) in [6.07, 6.45) is 2.88. The van der Waals surface area contributed by atoms with Crippen molar-refractivity contribution in [1.82, 2.24) is 0 Å². The third-order valence-electron chi connectivity index (χ3n) is 3.10. The van der Waals surface area contributed by atoms with Gasteiger partial charge in [-0.25, -0.2) is 0 Å². The third-order valence-corrected chi connectivity index (χ3v) is 3.10. The minimum Gasteiger partial charge on any atom is -0.405 e.